The van der Waals surface area contributed by atoms with Crippen molar-refractivity contribution in [3.05, 3.63) is 48.5 Å². The normalized spacial score (nSPS) is 11.1. The first kappa shape index (κ1) is 15.0. The van der Waals surface area contributed by atoms with Gasteiger partial charge in [-0.2, -0.15) is 0 Å². The average molecular weight is 311 g/mol. The number of rotatable bonds is 6. The van der Waals surface area contributed by atoms with Crippen molar-refractivity contribution in [3.8, 4) is 5.75 Å². The maximum Gasteiger partial charge on any atom is 0.236 e. The van der Waals surface area contributed by atoms with Crippen LogP contribution in [0.15, 0.2) is 42.7 Å². The van der Waals surface area contributed by atoms with E-state index in [9.17, 15) is 12.8 Å². The second-order valence-electron chi connectivity index (χ2n) is 4.20. The van der Waals surface area contributed by atoms with Gasteiger partial charge in [0.15, 0.2) is 5.82 Å². The van der Waals surface area contributed by atoms with E-state index in [1.54, 1.807) is 24.3 Å². The first-order valence-electron chi connectivity index (χ1n) is 6.05. The minimum atomic E-state index is -3.71. The van der Waals surface area contributed by atoms with Crippen molar-refractivity contribution in [2.75, 3.05) is 22.8 Å². The fraction of sp³-hybridized carbons (Fsp3) is 0.154. The monoisotopic (exact) mass is 311 g/mol. The molecule has 8 heteroatoms. The second-order valence-corrected chi connectivity index (χ2v) is 6.04. The molecular formula is C13H14FN3O3S. The highest BCUT2D eigenvalue weighted by Crippen LogP contribution is 2.15. The van der Waals surface area contributed by atoms with Crippen molar-refractivity contribution in [3.63, 3.8) is 0 Å². The number of hydrogen-bond donors (Lipinski definition) is 2. The first-order valence-corrected chi connectivity index (χ1v) is 7.70. The number of hydrogen-bond acceptors (Lipinski definition) is 5. The van der Waals surface area contributed by atoms with Crippen LogP contribution in [0.3, 0.4) is 0 Å². The predicted octanol–water partition coefficient (Wildman–Crippen LogP) is 1.62. The van der Waals surface area contributed by atoms with Crippen molar-refractivity contribution in [1.29, 1.82) is 0 Å². The summed E-state index contributed by atoms with van der Waals surface area (Å²) in [5.74, 6) is -0.582. The molecule has 1 heterocycles. The number of aromatic nitrogens is 1. The molecule has 0 bridgehead atoms. The lowest BCUT2D eigenvalue weighted by atomic mass is 10.3. The number of sulfonamides is 1. The van der Waals surface area contributed by atoms with E-state index in [0.29, 0.717) is 11.4 Å². The highest BCUT2D eigenvalue weighted by molar-refractivity contribution is 7.92. The summed E-state index contributed by atoms with van der Waals surface area (Å²) in [5, 5.41) is 0. The Morgan fingerprint density at radius 1 is 1.33 bits per heavy atom. The third kappa shape index (κ3) is 4.60. The van der Waals surface area contributed by atoms with Gasteiger partial charge < -0.3 is 10.5 Å². The highest BCUT2D eigenvalue weighted by Gasteiger charge is 2.13. The molecule has 0 amide bonds. The summed E-state index contributed by atoms with van der Waals surface area (Å²) in [5.41, 5.74) is 5.95. The standard InChI is InChI=1S/C13H14FN3O3S/c14-12-9-16-5-4-13(12)17-21(18,19)7-6-20-11-3-1-2-10(15)8-11/h1-5,8-9H,6-7,15H2,(H,16,17). The smallest absolute Gasteiger partial charge is 0.236 e. The molecule has 0 aliphatic heterocycles. The quantitative estimate of drug-likeness (QED) is 0.791. The number of pyridine rings is 1. The Hall–Kier alpha value is -2.35. The molecule has 0 spiro atoms. The molecule has 0 aliphatic rings. The topological polar surface area (TPSA) is 94.3 Å². The minimum Gasteiger partial charge on any atom is -0.492 e. The zero-order valence-corrected chi connectivity index (χ0v) is 11.8. The van der Waals surface area contributed by atoms with Crippen LogP contribution >= 0.6 is 0 Å². The lowest BCUT2D eigenvalue weighted by Gasteiger charge is -2.10. The van der Waals surface area contributed by atoms with Crippen LogP contribution in [0.5, 0.6) is 5.75 Å². The molecular weight excluding hydrogens is 297 g/mol. The maximum absolute atomic E-state index is 13.3. The van der Waals surface area contributed by atoms with Gasteiger partial charge in [-0.1, -0.05) is 6.07 Å². The lowest BCUT2D eigenvalue weighted by molar-refractivity contribution is 0.341. The van der Waals surface area contributed by atoms with Gasteiger partial charge in [-0.25, -0.2) is 12.8 Å². The SMILES string of the molecule is Nc1cccc(OCCS(=O)(=O)Nc2ccncc2F)c1. The molecule has 0 fully saturated rings. The summed E-state index contributed by atoms with van der Waals surface area (Å²) in [7, 11) is -3.71. The van der Waals surface area contributed by atoms with E-state index in [-0.39, 0.29) is 18.0 Å². The van der Waals surface area contributed by atoms with Crippen LogP contribution in [-0.2, 0) is 10.0 Å². The van der Waals surface area contributed by atoms with E-state index in [1.165, 1.54) is 12.3 Å². The molecule has 1 aromatic heterocycles. The Bertz CT molecular complexity index is 722. The van der Waals surface area contributed by atoms with E-state index >= 15 is 0 Å². The molecule has 0 atom stereocenters. The molecule has 0 saturated heterocycles. The molecule has 21 heavy (non-hydrogen) atoms. The summed E-state index contributed by atoms with van der Waals surface area (Å²) >= 11 is 0. The van der Waals surface area contributed by atoms with Crippen LogP contribution in [0.1, 0.15) is 0 Å². The largest absolute Gasteiger partial charge is 0.492 e. The summed E-state index contributed by atoms with van der Waals surface area (Å²) in [6.07, 6.45) is 2.23. The van der Waals surface area contributed by atoms with Gasteiger partial charge in [0.05, 0.1) is 11.9 Å². The molecule has 6 nitrogen and oxygen atoms in total. The predicted molar refractivity (Wildman–Crippen MR) is 78.0 cm³/mol. The zero-order chi connectivity index (χ0) is 15.3. The molecule has 2 aromatic rings. The number of benzene rings is 1. The van der Waals surface area contributed by atoms with Crippen molar-refractivity contribution in [2.24, 2.45) is 0 Å². The Kier molecular flexibility index (Phi) is 4.59. The zero-order valence-electron chi connectivity index (χ0n) is 11.0. The van der Waals surface area contributed by atoms with Gasteiger partial charge >= 0.3 is 0 Å². The van der Waals surface area contributed by atoms with Crippen LogP contribution in [0.25, 0.3) is 0 Å². The van der Waals surface area contributed by atoms with Gasteiger partial charge in [0.25, 0.3) is 0 Å². The average Bonchev–Trinajstić information content (AvgIpc) is 2.41. The van der Waals surface area contributed by atoms with Crippen molar-refractivity contribution < 1.29 is 17.5 Å². The van der Waals surface area contributed by atoms with Crippen LogP contribution in [0.4, 0.5) is 15.8 Å². The Morgan fingerprint density at radius 2 is 2.14 bits per heavy atom. The second kappa shape index (κ2) is 6.40. The van der Waals surface area contributed by atoms with E-state index < -0.39 is 15.8 Å². The molecule has 0 saturated carbocycles. The molecule has 0 aliphatic carbocycles. The number of anilines is 2. The van der Waals surface area contributed by atoms with Gasteiger partial charge in [0.1, 0.15) is 18.1 Å². The third-order valence-electron chi connectivity index (χ3n) is 2.52. The molecule has 112 valence electrons. The number of nitrogens with two attached hydrogens (primary N) is 1. The fourth-order valence-corrected chi connectivity index (χ4v) is 2.46. The van der Waals surface area contributed by atoms with E-state index in [0.717, 1.165) is 6.20 Å². The molecule has 0 radical (unpaired) electrons. The van der Waals surface area contributed by atoms with E-state index in [1.807, 2.05) is 0 Å². The summed E-state index contributed by atoms with van der Waals surface area (Å²) < 4.78 is 44.4. The Balaban J connectivity index is 1.91. The van der Waals surface area contributed by atoms with Crippen LogP contribution in [0.2, 0.25) is 0 Å². The summed E-state index contributed by atoms with van der Waals surface area (Å²) in [4.78, 5) is 3.54. The minimum absolute atomic E-state index is 0.0779. The van der Waals surface area contributed by atoms with Crippen molar-refractivity contribution >= 4 is 21.4 Å². The molecule has 1 aromatic carbocycles. The number of nitrogens with one attached hydrogen (secondary N) is 1. The van der Waals surface area contributed by atoms with E-state index in [4.69, 9.17) is 10.5 Å². The van der Waals surface area contributed by atoms with Crippen LogP contribution in [-0.4, -0.2) is 25.8 Å². The molecule has 2 rings (SSSR count). The number of ether oxygens (including phenoxy) is 1. The van der Waals surface area contributed by atoms with Crippen LogP contribution in [0, 0.1) is 5.82 Å². The lowest BCUT2D eigenvalue weighted by Crippen LogP contribution is -2.21. The Morgan fingerprint density at radius 3 is 2.86 bits per heavy atom. The van der Waals surface area contributed by atoms with E-state index in [2.05, 4.69) is 9.71 Å². The Labute approximate surface area is 121 Å². The first-order chi connectivity index (χ1) is 9.96. The fourth-order valence-electron chi connectivity index (χ4n) is 1.55. The molecule has 3 N–H and O–H groups in total. The number of halogens is 1. The van der Waals surface area contributed by atoms with Gasteiger partial charge in [-0.15, -0.1) is 0 Å². The van der Waals surface area contributed by atoms with Gasteiger partial charge in [-0.05, 0) is 18.2 Å². The summed E-state index contributed by atoms with van der Waals surface area (Å²) in [6.45, 7) is -0.0779. The summed E-state index contributed by atoms with van der Waals surface area (Å²) in [6, 6.07) is 7.88. The van der Waals surface area contributed by atoms with Gasteiger partial charge in [-0.3, -0.25) is 9.71 Å². The number of nitrogen functional groups attached to an aromatic ring is 1. The highest BCUT2D eigenvalue weighted by atomic mass is 32.2. The van der Waals surface area contributed by atoms with Crippen molar-refractivity contribution in [1.82, 2.24) is 4.98 Å². The van der Waals surface area contributed by atoms with Gasteiger partial charge in [0.2, 0.25) is 10.0 Å². The molecule has 0 unspecified atom stereocenters. The number of nitrogens with zero attached hydrogens (tertiary/aromatic N) is 1. The maximum atomic E-state index is 13.3. The van der Waals surface area contributed by atoms with Crippen molar-refractivity contribution in [2.45, 2.75) is 0 Å². The van der Waals surface area contributed by atoms with Crippen LogP contribution < -0.4 is 15.2 Å². The van der Waals surface area contributed by atoms with Gasteiger partial charge in [0, 0.05) is 18.0 Å². The third-order valence-corrected chi connectivity index (χ3v) is 3.75.